The Balaban J connectivity index is 1.63. The summed E-state index contributed by atoms with van der Waals surface area (Å²) in [4.78, 5) is 27.0. The van der Waals surface area contributed by atoms with E-state index in [1.807, 2.05) is 0 Å². The number of nitrogens with one attached hydrogen (secondary N) is 1. The first-order valence-corrected chi connectivity index (χ1v) is 8.57. The number of anilines is 1. The number of hydrogen-bond donors (Lipinski definition) is 1. The smallest absolute Gasteiger partial charge is 0.277 e. The van der Waals surface area contributed by atoms with Crippen LogP contribution in [0.2, 0.25) is 5.02 Å². The van der Waals surface area contributed by atoms with Gasteiger partial charge >= 0.3 is 0 Å². The number of hydrogen-bond acceptors (Lipinski definition) is 8. The number of aromatic nitrogens is 3. The maximum absolute atomic E-state index is 12.1. The van der Waals surface area contributed by atoms with Crippen LogP contribution in [0.3, 0.4) is 0 Å². The van der Waals surface area contributed by atoms with Crippen molar-refractivity contribution in [3.05, 3.63) is 53.3 Å². The van der Waals surface area contributed by atoms with E-state index in [1.165, 1.54) is 18.2 Å². The molecule has 0 atom stereocenters. The molecular formula is C16H10ClN4O4S-. The van der Waals surface area contributed by atoms with Crippen molar-refractivity contribution in [2.45, 2.75) is 5.22 Å². The molecule has 0 radical (unpaired) electrons. The van der Waals surface area contributed by atoms with Crippen LogP contribution in [0, 0.1) is 0 Å². The number of rotatable bonds is 6. The SMILES string of the molecule is O=C(CSc1nnc(-c2ccncc2)o1)Nc1cc(Cl)ccc1C(=O)[O-]. The van der Waals surface area contributed by atoms with E-state index in [9.17, 15) is 14.7 Å². The lowest BCUT2D eigenvalue weighted by Gasteiger charge is -2.11. The Hall–Kier alpha value is -2.91. The van der Waals surface area contributed by atoms with Gasteiger partial charge in [0.15, 0.2) is 0 Å². The fourth-order valence-corrected chi connectivity index (χ4v) is 2.73. The summed E-state index contributed by atoms with van der Waals surface area (Å²) in [6.07, 6.45) is 3.19. The van der Waals surface area contributed by atoms with Gasteiger partial charge in [0.1, 0.15) is 0 Å². The third-order valence-corrected chi connectivity index (χ3v) is 4.19. The molecule has 3 aromatic rings. The molecule has 0 fully saturated rings. The Morgan fingerprint density at radius 1 is 1.19 bits per heavy atom. The summed E-state index contributed by atoms with van der Waals surface area (Å²) in [6.45, 7) is 0. The molecule has 3 rings (SSSR count). The highest BCUT2D eigenvalue weighted by molar-refractivity contribution is 7.99. The molecule has 0 saturated carbocycles. The molecule has 1 aromatic carbocycles. The normalized spacial score (nSPS) is 10.5. The van der Waals surface area contributed by atoms with Crippen molar-refractivity contribution >= 4 is 40.9 Å². The number of aromatic carboxylic acids is 1. The average Bonchev–Trinajstić information content (AvgIpc) is 3.09. The Bertz CT molecular complexity index is 948. The van der Waals surface area contributed by atoms with Crippen LogP contribution in [0.15, 0.2) is 52.4 Å². The molecule has 1 amide bonds. The van der Waals surface area contributed by atoms with E-state index in [0.29, 0.717) is 11.5 Å². The molecule has 26 heavy (non-hydrogen) atoms. The van der Waals surface area contributed by atoms with Crippen LogP contribution in [0.25, 0.3) is 11.5 Å². The molecule has 0 aliphatic carbocycles. The first-order chi connectivity index (χ1) is 12.5. The van der Waals surface area contributed by atoms with Gasteiger partial charge < -0.3 is 19.6 Å². The van der Waals surface area contributed by atoms with Gasteiger partial charge in [-0.1, -0.05) is 23.4 Å². The van der Waals surface area contributed by atoms with Crippen molar-refractivity contribution in [3.63, 3.8) is 0 Å². The quantitative estimate of drug-likeness (QED) is 0.634. The van der Waals surface area contributed by atoms with Gasteiger partial charge in [0, 0.05) is 28.5 Å². The fraction of sp³-hybridized carbons (Fsp3) is 0.0625. The lowest BCUT2D eigenvalue weighted by molar-refractivity contribution is -0.254. The predicted molar refractivity (Wildman–Crippen MR) is 92.7 cm³/mol. The van der Waals surface area contributed by atoms with Crippen molar-refractivity contribution < 1.29 is 19.1 Å². The Kier molecular flexibility index (Phi) is 5.49. The van der Waals surface area contributed by atoms with Crippen molar-refractivity contribution in [3.8, 4) is 11.5 Å². The summed E-state index contributed by atoms with van der Waals surface area (Å²) in [5.74, 6) is -1.62. The van der Waals surface area contributed by atoms with Gasteiger partial charge in [-0.25, -0.2) is 0 Å². The van der Waals surface area contributed by atoms with E-state index >= 15 is 0 Å². The van der Waals surface area contributed by atoms with Crippen LogP contribution in [0.4, 0.5) is 5.69 Å². The maximum Gasteiger partial charge on any atom is 0.277 e. The summed E-state index contributed by atoms with van der Waals surface area (Å²) in [5, 5.41) is 21.8. The number of nitrogens with zero attached hydrogens (tertiary/aromatic N) is 3. The molecule has 8 nitrogen and oxygen atoms in total. The zero-order valence-corrected chi connectivity index (χ0v) is 14.6. The molecule has 2 heterocycles. The largest absolute Gasteiger partial charge is 0.545 e. The third kappa shape index (κ3) is 4.38. The van der Waals surface area contributed by atoms with E-state index < -0.39 is 11.9 Å². The number of pyridine rings is 1. The maximum atomic E-state index is 12.1. The fourth-order valence-electron chi connectivity index (χ4n) is 1.99. The number of carbonyl (C=O) groups is 2. The topological polar surface area (TPSA) is 121 Å². The van der Waals surface area contributed by atoms with E-state index in [4.69, 9.17) is 16.0 Å². The second-order valence-corrected chi connectivity index (χ2v) is 6.29. The van der Waals surface area contributed by atoms with E-state index in [1.54, 1.807) is 24.5 Å². The number of carboxylic acid groups (broad SMARTS) is 1. The number of carbonyl (C=O) groups excluding carboxylic acids is 2. The molecule has 0 aliphatic rings. The van der Waals surface area contributed by atoms with Crippen molar-refractivity contribution in [1.29, 1.82) is 0 Å². The van der Waals surface area contributed by atoms with E-state index in [-0.39, 0.29) is 27.2 Å². The Morgan fingerprint density at radius 2 is 1.96 bits per heavy atom. The van der Waals surface area contributed by atoms with Crippen molar-refractivity contribution in [1.82, 2.24) is 15.2 Å². The standard InChI is InChI=1S/C16H11ClN4O4S/c17-10-1-2-11(15(23)24)12(7-10)19-13(22)8-26-16-21-20-14(25-16)9-3-5-18-6-4-9/h1-7H,8H2,(H,19,22)(H,23,24)/p-1. The van der Waals surface area contributed by atoms with Crippen LogP contribution < -0.4 is 10.4 Å². The number of halogens is 1. The molecule has 0 aliphatic heterocycles. The zero-order valence-electron chi connectivity index (χ0n) is 13.0. The first kappa shape index (κ1) is 17.9. The van der Waals surface area contributed by atoms with Crippen LogP contribution in [0.1, 0.15) is 10.4 Å². The summed E-state index contributed by atoms with van der Waals surface area (Å²) >= 11 is 6.85. The van der Waals surface area contributed by atoms with Crippen LogP contribution in [-0.4, -0.2) is 32.8 Å². The molecule has 1 N–H and O–H groups in total. The van der Waals surface area contributed by atoms with Crippen molar-refractivity contribution in [2.24, 2.45) is 0 Å². The first-order valence-electron chi connectivity index (χ1n) is 7.20. The minimum Gasteiger partial charge on any atom is -0.545 e. The molecule has 10 heteroatoms. The molecule has 0 unspecified atom stereocenters. The van der Waals surface area contributed by atoms with Gasteiger partial charge in [-0.05, 0) is 30.3 Å². The highest BCUT2D eigenvalue weighted by Gasteiger charge is 2.13. The molecular weight excluding hydrogens is 380 g/mol. The molecule has 132 valence electrons. The van der Waals surface area contributed by atoms with Crippen LogP contribution in [-0.2, 0) is 4.79 Å². The highest BCUT2D eigenvalue weighted by Crippen LogP contribution is 2.24. The Labute approximate surface area is 156 Å². The monoisotopic (exact) mass is 389 g/mol. The molecule has 0 bridgehead atoms. The van der Waals surface area contributed by atoms with Gasteiger partial charge in [0.05, 0.1) is 17.4 Å². The van der Waals surface area contributed by atoms with Crippen LogP contribution in [0.5, 0.6) is 0 Å². The number of benzene rings is 1. The number of thioether (sulfide) groups is 1. The summed E-state index contributed by atoms with van der Waals surface area (Å²) < 4.78 is 5.46. The lowest BCUT2D eigenvalue weighted by atomic mass is 10.2. The summed E-state index contributed by atoms with van der Waals surface area (Å²) in [7, 11) is 0. The average molecular weight is 390 g/mol. The van der Waals surface area contributed by atoms with E-state index in [2.05, 4.69) is 20.5 Å². The molecule has 2 aromatic heterocycles. The van der Waals surface area contributed by atoms with Crippen molar-refractivity contribution in [2.75, 3.05) is 11.1 Å². The van der Waals surface area contributed by atoms with E-state index in [0.717, 1.165) is 11.8 Å². The molecule has 0 saturated heterocycles. The highest BCUT2D eigenvalue weighted by atomic mass is 35.5. The van der Waals surface area contributed by atoms with Gasteiger partial charge in [0.25, 0.3) is 5.22 Å². The predicted octanol–water partition coefficient (Wildman–Crippen LogP) is 1.88. The van der Waals surface area contributed by atoms with Gasteiger partial charge in [-0.2, -0.15) is 0 Å². The zero-order chi connectivity index (χ0) is 18.5. The third-order valence-electron chi connectivity index (χ3n) is 3.14. The lowest BCUT2D eigenvalue weighted by Crippen LogP contribution is -2.25. The molecule has 0 spiro atoms. The van der Waals surface area contributed by atoms with Gasteiger partial charge in [0.2, 0.25) is 11.8 Å². The van der Waals surface area contributed by atoms with Crippen LogP contribution >= 0.6 is 23.4 Å². The Morgan fingerprint density at radius 3 is 2.69 bits per heavy atom. The summed E-state index contributed by atoms with van der Waals surface area (Å²) in [5.41, 5.74) is 0.609. The summed E-state index contributed by atoms with van der Waals surface area (Å²) in [6, 6.07) is 7.43. The number of carboxylic acids is 1. The number of amides is 1. The second kappa shape index (κ2) is 7.98. The minimum absolute atomic E-state index is 0.0586. The second-order valence-electron chi connectivity index (χ2n) is 4.92. The van der Waals surface area contributed by atoms with Gasteiger partial charge in [-0.15, -0.1) is 10.2 Å². The van der Waals surface area contributed by atoms with Gasteiger partial charge in [-0.3, -0.25) is 9.78 Å². The minimum atomic E-state index is -1.41.